The Labute approximate surface area is 165 Å². The highest BCUT2D eigenvalue weighted by Crippen LogP contribution is 2.28. The second-order valence-electron chi connectivity index (χ2n) is 6.66. The molecule has 148 valence electrons. The Balaban J connectivity index is 1.83. The van der Waals surface area contributed by atoms with Crippen molar-refractivity contribution in [3.63, 3.8) is 0 Å². The fourth-order valence-electron chi connectivity index (χ4n) is 2.77. The quantitative estimate of drug-likeness (QED) is 0.721. The lowest BCUT2D eigenvalue weighted by atomic mass is 10.1. The number of rotatable bonds is 7. The van der Waals surface area contributed by atoms with E-state index in [0.29, 0.717) is 25.5 Å². The molecule has 0 saturated heterocycles. The third-order valence-corrected chi connectivity index (χ3v) is 5.71. The van der Waals surface area contributed by atoms with Gasteiger partial charge in [-0.15, -0.1) is 0 Å². The van der Waals surface area contributed by atoms with Crippen LogP contribution in [0.5, 0.6) is 0 Å². The van der Waals surface area contributed by atoms with Crippen molar-refractivity contribution in [1.29, 1.82) is 0 Å². The normalized spacial score (nSPS) is 14.8. The Morgan fingerprint density at radius 2 is 1.96 bits per heavy atom. The van der Waals surface area contributed by atoms with E-state index in [1.807, 2.05) is 36.0 Å². The molecule has 1 aliphatic rings. The monoisotopic (exact) mass is 400 g/mol. The van der Waals surface area contributed by atoms with Crippen molar-refractivity contribution < 1.29 is 8.42 Å². The molecule has 0 saturated carbocycles. The fraction of sp³-hybridized carbons (Fsp3) is 0.263. The molecular weight excluding hydrogens is 376 g/mol. The van der Waals surface area contributed by atoms with Crippen LogP contribution >= 0.6 is 0 Å². The number of nitrogens with two attached hydrogens (primary N) is 1. The number of benzene rings is 1. The van der Waals surface area contributed by atoms with Crippen molar-refractivity contribution in [3.8, 4) is 0 Å². The lowest BCUT2D eigenvalue weighted by molar-refractivity contribution is 0.412. The predicted octanol–water partition coefficient (Wildman–Crippen LogP) is 1.10. The highest BCUT2D eigenvalue weighted by molar-refractivity contribution is 7.89. The van der Waals surface area contributed by atoms with Crippen LogP contribution in [0.4, 0.5) is 5.69 Å². The molecule has 0 bridgehead atoms. The summed E-state index contributed by atoms with van der Waals surface area (Å²) in [7, 11) is 0.241. The first-order valence-corrected chi connectivity index (χ1v) is 10.3. The second kappa shape index (κ2) is 8.51. The SMILES string of the molecule is CN(C)CCNS(=O)(=O)c1ccc(C2=CN=C(N)CN2c2cccnc2)cc1. The number of nitrogens with zero attached hydrogens (tertiary/aromatic N) is 4. The van der Waals surface area contributed by atoms with Crippen LogP contribution in [0.25, 0.3) is 5.70 Å². The maximum absolute atomic E-state index is 12.4. The Bertz CT molecular complexity index is 969. The average Bonchev–Trinajstić information content (AvgIpc) is 2.68. The zero-order valence-electron chi connectivity index (χ0n) is 15.9. The molecule has 0 unspecified atom stereocenters. The van der Waals surface area contributed by atoms with Crippen LogP contribution in [0.3, 0.4) is 0 Å². The molecule has 1 aromatic carbocycles. The van der Waals surface area contributed by atoms with E-state index in [-0.39, 0.29) is 4.90 Å². The molecule has 0 radical (unpaired) electrons. The van der Waals surface area contributed by atoms with Gasteiger partial charge in [0.15, 0.2) is 0 Å². The van der Waals surface area contributed by atoms with Gasteiger partial charge in [0.25, 0.3) is 0 Å². The number of anilines is 1. The number of likely N-dealkylation sites (N-methyl/N-ethyl adjacent to an activating group) is 1. The summed E-state index contributed by atoms with van der Waals surface area (Å²) in [5, 5.41) is 0. The molecule has 0 spiro atoms. The summed E-state index contributed by atoms with van der Waals surface area (Å²) >= 11 is 0. The number of aromatic nitrogens is 1. The molecule has 1 aromatic heterocycles. The van der Waals surface area contributed by atoms with E-state index >= 15 is 0 Å². The van der Waals surface area contributed by atoms with Gasteiger partial charge in [0.2, 0.25) is 10.0 Å². The van der Waals surface area contributed by atoms with E-state index in [1.54, 1.807) is 42.9 Å². The first-order chi connectivity index (χ1) is 13.4. The van der Waals surface area contributed by atoms with Crippen LogP contribution in [0.1, 0.15) is 5.56 Å². The van der Waals surface area contributed by atoms with E-state index in [0.717, 1.165) is 16.9 Å². The standard InChI is InChI=1S/C19H24N6O2S/c1-24(2)11-10-23-28(26,27)17-7-5-15(6-8-17)18-13-22-19(20)14-25(18)16-4-3-9-21-12-16/h3-9,12-13,23H,10-11,14H2,1-2H3,(H2,20,22). The van der Waals surface area contributed by atoms with Crippen LogP contribution in [0, 0.1) is 0 Å². The number of hydrogen-bond acceptors (Lipinski definition) is 7. The number of pyridine rings is 1. The van der Waals surface area contributed by atoms with Crippen LogP contribution < -0.4 is 15.4 Å². The number of sulfonamides is 1. The first kappa shape index (κ1) is 20.0. The molecule has 1 aliphatic heterocycles. The first-order valence-electron chi connectivity index (χ1n) is 8.81. The second-order valence-corrected chi connectivity index (χ2v) is 8.42. The number of nitrogens with one attached hydrogen (secondary N) is 1. The number of aliphatic imine (C=N–C) groups is 1. The smallest absolute Gasteiger partial charge is 0.240 e. The number of amidine groups is 1. The summed E-state index contributed by atoms with van der Waals surface area (Å²) in [4.78, 5) is 12.5. The van der Waals surface area contributed by atoms with E-state index in [4.69, 9.17) is 5.73 Å². The van der Waals surface area contributed by atoms with Gasteiger partial charge in [-0.3, -0.25) is 4.98 Å². The zero-order chi connectivity index (χ0) is 20.1. The average molecular weight is 401 g/mol. The number of hydrogen-bond donors (Lipinski definition) is 2. The lowest BCUT2D eigenvalue weighted by Crippen LogP contribution is -2.35. The van der Waals surface area contributed by atoms with E-state index in [2.05, 4.69) is 14.7 Å². The minimum Gasteiger partial charge on any atom is -0.386 e. The summed E-state index contributed by atoms with van der Waals surface area (Å²) < 4.78 is 27.5. The largest absolute Gasteiger partial charge is 0.386 e. The van der Waals surface area contributed by atoms with Crippen molar-refractivity contribution in [2.75, 3.05) is 38.6 Å². The topological polar surface area (TPSA) is 104 Å². The summed E-state index contributed by atoms with van der Waals surface area (Å²) in [6.07, 6.45) is 5.14. The van der Waals surface area contributed by atoms with Gasteiger partial charge in [-0.1, -0.05) is 12.1 Å². The molecule has 0 atom stereocenters. The summed E-state index contributed by atoms with van der Waals surface area (Å²) in [6.45, 7) is 1.42. The van der Waals surface area contributed by atoms with Gasteiger partial charge in [0.05, 0.1) is 35.2 Å². The highest BCUT2D eigenvalue weighted by atomic mass is 32.2. The molecule has 2 heterocycles. The summed E-state index contributed by atoms with van der Waals surface area (Å²) in [6, 6.07) is 10.5. The maximum atomic E-state index is 12.4. The molecule has 9 heteroatoms. The molecule has 0 aliphatic carbocycles. The Morgan fingerprint density at radius 3 is 2.61 bits per heavy atom. The third kappa shape index (κ3) is 4.75. The van der Waals surface area contributed by atoms with Crippen LogP contribution in [-0.4, -0.2) is 57.9 Å². The molecule has 3 N–H and O–H groups in total. The third-order valence-electron chi connectivity index (χ3n) is 4.23. The molecular formula is C19H24N6O2S. The van der Waals surface area contributed by atoms with E-state index in [1.165, 1.54) is 0 Å². The van der Waals surface area contributed by atoms with Crippen molar-refractivity contribution in [3.05, 3.63) is 60.6 Å². The molecule has 2 aromatic rings. The molecule has 0 fully saturated rings. The summed E-state index contributed by atoms with van der Waals surface area (Å²) in [5.74, 6) is 0.497. The highest BCUT2D eigenvalue weighted by Gasteiger charge is 2.20. The van der Waals surface area contributed by atoms with Crippen molar-refractivity contribution in [1.82, 2.24) is 14.6 Å². The predicted molar refractivity (Wildman–Crippen MR) is 111 cm³/mol. The lowest BCUT2D eigenvalue weighted by Gasteiger charge is -2.29. The van der Waals surface area contributed by atoms with Crippen molar-refractivity contribution in [2.45, 2.75) is 4.90 Å². The molecule has 3 rings (SSSR count). The van der Waals surface area contributed by atoms with Crippen molar-refractivity contribution in [2.24, 2.45) is 10.7 Å². The Morgan fingerprint density at radius 1 is 1.21 bits per heavy atom. The Kier molecular flexibility index (Phi) is 6.08. The maximum Gasteiger partial charge on any atom is 0.240 e. The van der Waals surface area contributed by atoms with Gasteiger partial charge in [-0.25, -0.2) is 18.1 Å². The molecule has 28 heavy (non-hydrogen) atoms. The van der Waals surface area contributed by atoms with Crippen LogP contribution in [0.2, 0.25) is 0 Å². The summed E-state index contributed by atoms with van der Waals surface area (Å²) in [5.41, 5.74) is 8.45. The zero-order valence-corrected chi connectivity index (χ0v) is 16.7. The minimum absolute atomic E-state index is 0.224. The molecule has 0 amide bonds. The fourth-order valence-corrected chi connectivity index (χ4v) is 3.79. The van der Waals surface area contributed by atoms with E-state index < -0.39 is 10.0 Å². The van der Waals surface area contributed by atoms with Crippen LogP contribution in [0.15, 0.2) is 64.9 Å². The van der Waals surface area contributed by atoms with Gasteiger partial charge in [-0.2, -0.15) is 0 Å². The van der Waals surface area contributed by atoms with Gasteiger partial charge < -0.3 is 15.5 Å². The van der Waals surface area contributed by atoms with Crippen molar-refractivity contribution >= 4 is 27.2 Å². The van der Waals surface area contributed by atoms with Gasteiger partial charge in [0.1, 0.15) is 5.84 Å². The van der Waals surface area contributed by atoms with Gasteiger partial charge >= 0.3 is 0 Å². The van der Waals surface area contributed by atoms with E-state index in [9.17, 15) is 8.42 Å². The minimum atomic E-state index is -3.55. The Hall–Kier alpha value is -2.75. The van der Waals surface area contributed by atoms with Gasteiger partial charge in [0, 0.05) is 19.3 Å². The molecule has 8 nitrogen and oxygen atoms in total. The van der Waals surface area contributed by atoms with Gasteiger partial charge in [-0.05, 0) is 43.9 Å². The van der Waals surface area contributed by atoms with Crippen LogP contribution in [-0.2, 0) is 10.0 Å².